The molecule has 116 valence electrons. The van der Waals surface area contributed by atoms with Gasteiger partial charge in [-0.25, -0.2) is 9.59 Å². The summed E-state index contributed by atoms with van der Waals surface area (Å²) >= 11 is 1.89. The van der Waals surface area contributed by atoms with Crippen molar-refractivity contribution < 1.29 is 33.3 Å². The standard InChI is InChI=1S/C13H13F2IO5/c1-6(2)10(13(14,15)12(19)20)21-11(18)8-4-3-7(16)5-9(8)17/h3-6,10,17H,1-2H3,(H,19,20). The fourth-order valence-corrected chi connectivity index (χ4v) is 2.08. The maximum Gasteiger partial charge on any atom is 0.378 e. The van der Waals surface area contributed by atoms with Gasteiger partial charge < -0.3 is 14.9 Å². The van der Waals surface area contributed by atoms with Gasteiger partial charge in [-0.05, 0) is 46.7 Å². The number of rotatable bonds is 5. The molecule has 0 amide bonds. The Balaban J connectivity index is 3.05. The first-order valence-electron chi connectivity index (χ1n) is 5.88. The van der Waals surface area contributed by atoms with E-state index >= 15 is 0 Å². The number of aromatic hydroxyl groups is 1. The summed E-state index contributed by atoms with van der Waals surface area (Å²) < 4.78 is 32.4. The fourth-order valence-electron chi connectivity index (χ4n) is 1.61. The van der Waals surface area contributed by atoms with Gasteiger partial charge in [0.15, 0.2) is 6.10 Å². The number of esters is 1. The molecule has 1 aromatic carbocycles. The van der Waals surface area contributed by atoms with E-state index in [0.29, 0.717) is 3.57 Å². The Labute approximate surface area is 133 Å². The van der Waals surface area contributed by atoms with Crippen LogP contribution in [0.4, 0.5) is 8.78 Å². The molecular formula is C13H13F2IO5. The lowest BCUT2D eigenvalue weighted by atomic mass is 10.0. The highest BCUT2D eigenvalue weighted by Gasteiger charge is 2.51. The van der Waals surface area contributed by atoms with Crippen molar-refractivity contribution in [3.8, 4) is 5.75 Å². The second kappa shape index (κ2) is 6.54. The predicted octanol–water partition coefficient (Wildman–Crippen LogP) is 2.90. The molecule has 1 unspecified atom stereocenters. The van der Waals surface area contributed by atoms with Crippen molar-refractivity contribution in [1.29, 1.82) is 0 Å². The maximum atomic E-state index is 13.6. The number of carboxylic acid groups (broad SMARTS) is 1. The molecule has 21 heavy (non-hydrogen) atoms. The number of carbonyl (C=O) groups excluding carboxylic acids is 1. The van der Waals surface area contributed by atoms with Gasteiger partial charge in [0.25, 0.3) is 0 Å². The van der Waals surface area contributed by atoms with Crippen LogP contribution in [0.25, 0.3) is 0 Å². The van der Waals surface area contributed by atoms with E-state index in [-0.39, 0.29) is 5.56 Å². The number of phenolic OH excluding ortho intramolecular Hbond substituents is 1. The Kier molecular flexibility index (Phi) is 5.48. The van der Waals surface area contributed by atoms with Gasteiger partial charge in [0.05, 0.1) is 0 Å². The van der Waals surface area contributed by atoms with E-state index in [2.05, 4.69) is 4.74 Å². The molecule has 1 atom stereocenters. The lowest BCUT2D eigenvalue weighted by Gasteiger charge is -2.26. The zero-order valence-electron chi connectivity index (χ0n) is 11.1. The van der Waals surface area contributed by atoms with Crippen molar-refractivity contribution in [2.45, 2.75) is 25.9 Å². The summed E-state index contributed by atoms with van der Waals surface area (Å²) in [6.07, 6.45) is -2.14. The van der Waals surface area contributed by atoms with E-state index in [4.69, 9.17) is 5.11 Å². The molecule has 0 saturated carbocycles. The Morgan fingerprint density at radius 1 is 1.33 bits per heavy atom. The lowest BCUT2D eigenvalue weighted by Crippen LogP contribution is -2.47. The van der Waals surface area contributed by atoms with Crippen LogP contribution >= 0.6 is 22.6 Å². The molecule has 0 aromatic heterocycles. The maximum absolute atomic E-state index is 13.6. The molecule has 0 radical (unpaired) electrons. The molecule has 5 nitrogen and oxygen atoms in total. The third-order valence-corrected chi connectivity index (χ3v) is 3.33. The molecule has 8 heteroatoms. The summed E-state index contributed by atoms with van der Waals surface area (Å²) in [5.41, 5.74) is -0.303. The molecule has 0 aliphatic heterocycles. The second-order valence-corrected chi connectivity index (χ2v) is 5.91. The Morgan fingerprint density at radius 3 is 2.33 bits per heavy atom. The van der Waals surface area contributed by atoms with Crippen LogP contribution in [-0.2, 0) is 9.53 Å². The summed E-state index contributed by atoms with van der Waals surface area (Å²) in [5, 5.41) is 18.2. The molecule has 0 aliphatic rings. The normalized spacial score (nSPS) is 13.0. The highest BCUT2D eigenvalue weighted by Crippen LogP contribution is 2.29. The first-order valence-corrected chi connectivity index (χ1v) is 6.96. The van der Waals surface area contributed by atoms with Crippen molar-refractivity contribution >= 4 is 34.5 Å². The number of alkyl halides is 2. The van der Waals surface area contributed by atoms with Crippen LogP contribution in [0.5, 0.6) is 5.75 Å². The molecule has 0 bridgehead atoms. The molecule has 0 heterocycles. The molecule has 0 saturated heterocycles. The average Bonchev–Trinajstić information content (AvgIpc) is 2.34. The third kappa shape index (κ3) is 4.02. The van der Waals surface area contributed by atoms with Crippen LogP contribution in [0.1, 0.15) is 24.2 Å². The number of carbonyl (C=O) groups is 2. The van der Waals surface area contributed by atoms with Crippen LogP contribution in [0.15, 0.2) is 18.2 Å². The lowest BCUT2D eigenvalue weighted by molar-refractivity contribution is -0.187. The molecule has 2 N–H and O–H groups in total. The Bertz CT molecular complexity index is 559. The SMILES string of the molecule is CC(C)C(OC(=O)c1ccc(I)cc1O)C(F)(F)C(=O)O. The average molecular weight is 414 g/mol. The van der Waals surface area contributed by atoms with Crippen molar-refractivity contribution in [2.75, 3.05) is 0 Å². The van der Waals surface area contributed by atoms with Gasteiger partial charge in [0.1, 0.15) is 11.3 Å². The number of carboxylic acids is 1. The van der Waals surface area contributed by atoms with Gasteiger partial charge in [-0.1, -0.05) is 13.8 Å². The van der Waals surface area contributed by atoms with E-state index in [1.54, 1.807) is 0 Å². The van der Waals surface area contributed by atoms with E-state index in [1.165, 1.54) is 32.0 Å². The molecule has 0 fully saturated rings. The van der Waals surface area contributed by atoms with Crippen molar-refractivity contribution in [1.82, 2.24) is 0 Å². The third-order valence-electron chi connectivity index (χ3n) is 2.66. The van der Waals surface area contributed by atoms with Crippen LogP contribution in [0.3, 0.4) is 0 Å². The molecule has 0 spiro atoms. The molecule has 0 aliphatic carbocycles. The number of aliphatic carboxylic acids is 1. The predicted molar refractivity (Wildman–Crippen MR) is 77.4 cm³/mol. The van der Waals surface area contributed by atoms with Gasteiger partial charge in [0, 0.05) is 3.57 Å². The first kappa shape index (κ1) is 17.6. The molecule has 1 rings (SSSR count). The molecular weight excluding hydrogens is 401 g/mol. The van der Waals surface area contributed by atoms with Crippen LogP contribution in [0, 0.1) is 9.49 Å². The summed E-state index contributed by atoms with van der Waals surface area (Å²) in [5.74, 6) is -9.15. The summed E-state index contributed by atoms with van der Waals surface area (Å²) in [7, 11) is 0. The van der Waals surface area contributed by atoms with Crippen molar-refractivity contribution in [3.05, 3.63) is 27.3 Å². The number of ether oxygens (including phenoxy) is 1. The van der Waals surface area contributed by atoms with E-state index < -0.39 is 35.6 Å². The van der Waals surface area contributed by atoms with Crippen LogP contribution in [0.2, 0.25) is 0 Å². The first-order chi connectivity index (χ1) is 9.57. The number of hydrogen-bond acceptors (Lipinski definition) is 4. The van der Waals surface area contributed by atoms with Crippen LogP contribution in [-0.4, -0.2) is 34.2 Å². The topological polar surface area (TPSA) is 83.8 Å². The quantitative estimate of drug-likeness (QED) is 0.572. The zero-order valence-corrected chi connectivity index (χ0v) is 13.3. The monoisotopic (exact) mass is 414 g/mol. The molecule has 1 aromatic rings. The minimum absolute atomic E-state index is 0.303. The van der Waals surface area contributed by atoms with Crippen LogP contribution < -0.4 is 0 Å². The fraction of sp³-hybridized carbons (Fsp3) is 0.385. The van der Waals surface area contributed by atoms with Gasteiger partial charge in [-0.15, -0.1) is 0 Å². The van der Waals surface area contributed by atoms with E-state index in [1.807, 2.05) is 22.6 Å². The minimum atomic E-state index is -4.22. The van der Waals surface area contributed by atoms with E-state index in [0.717, 1.165) is 0 Å². The van der Waals surface area contributed by atoms with Crippen molar-refractivity contribution in [2.24, 2.45) is 5.92 Å². The summed E-state index contributed by atoms with van der Waals surface area (Å²) in [6.45, 7) is 2.62. The highest BCUT2D eigenvalue weighted by atomic mass is 127. The van der Waals surface area contributed by atoms with Gasteiger partial charge in [-0.2, -0.15) is 8.78 Å². The zero-order chi connectivity index (χ0) is 16.4. The second-order valence-electron chi connectivity index (χ2n) is 4.66. The highest BCUT2D eigenvalue weighted by molar-refractivity contribution is 14.1. The minimum Gasteiger partial charge on any atom is -0.507 e. The van der Waals surface area contributed by atoms with Crippen molar-refractivity contribution in [3.63, 3.8) is 0 Å². The van der Waals surface area contributed by atoms with Gasteiger partial charge in [-0.3, -0.25) is 0 Å². The summed E-state index contributed by atoms with van der Waals surface area (Å²) in [6, 6.07) is 3.96. The largest absolute Gasteiger partial charge is 0.507 e. The number of hydrogen-bond donors (Lipinski definition) is 2. The Hall–Kier alpha value is -1.45. The summed E-state index contributed by atoms with van der Waals surface area (Å²) in [4.78, 5) is 22.5. The van der Waals surface area contributed by atoms with Gasteiger partial charge >= 0.3 is 17.9 Å². The Morgan fingerprint density at radius 2 is 1.90 bits per heavy atom. The number of benzene rings is 1. The number of phenols is 1. The van der Waals surface area contributed by atoms with E-state index in [9.17, 15) is 23.5 Å². The van der Waals surface area contributed by atoms with Gasteiger partial charge in [0.2, 0.25) is 0 Å². The number of halogens is 3. The smallest absolute Gasteiger partial charge is 0.378 e.